The smallest absolute Gasteiger partial charge is 0.219 e. The van der Waals surface area contributed by atoms with E-state index in [1.54, 1.807) is 24.8 Å². The Labute approximate surface area is 148 Å². The van der Waals surface area contributed by atoms with E-state index in [1.807, 2.05) is 0 Å². The van der Waals surface area contributed by atoms with Crippen molar-refractivity contribution in [3.8, 4) is 0 Å². The lowest BCUT2D eigenvalue weighted by Gasteiger charge is -2.35. The van der Waals surface area contributed by atoms with Crippen molar-refractivity contribution < 1.29 is 0 Å². The van der Waals surface area contributed by atoms with E-state index in [0.29, 0.717) is 5.41 Å². The van der Waals surface area contributed by atoms with Crippen molar-refractivity contribution in [2.45, 2.75) is 46.5 Å². The third kappa shape index (κ3) is 3.95. The van der Waals surface area contributed by atoms with Crippen molar-refractivity contribution in [1.29, 1.82) is 0 Å². The lowest BCUT2D eigenvalue weighted by Crippen LogP contribution is -2.23. The molecule has 1 aliphatic carbocycles. The quantitative estimate of drug-likeness (QED) is 0.869. The molecule has 0 atom stereocenters. The number of hydrogen-bond donors (Lipinski definition) is 2. The summed E-state index contributed by atoms with van der Waals surface area (Å²) in [6.07, 6.45) is 11.6. The number of hydrogen-bond acceptors (Lipinski definition) is 6. The molecule has 0 amide bonds. The molecule has 0 aromatic carbocycles. The highest BCUT2D eigenvalue weighted by Crippen LogP contribution is 2.42. The van der Waals surface area contributed by atoms with Crippen LogP contribution in [0, 0.1) is 11.3 Å². The first-order chi connectivity index (χ1) is 11.8. The second-order valence-electron chi connectivity index (χ2n) is 7.78. The molecule has 0 bridgehead atoms. The SMILES string of the molecule is CC(C)(C)C1CCC(=C(c2cnc(N)nc2)c2cnc(N)nc2)CC1. The van der Waals surface area contributed by atoms with Crippen LogP contribution >= 0.6 is 0 Å². The Morgan fingerprint density at radius 1 is 0.840 bits per heavy atom. The van der Waals surface area contributed by atoms with Gasteiger partial charge in [0.05, 0.1) is 0 Å². The first kappa shape index (κ1) is 17.3. The maximum Gasteiger partial charge on any atom is 0.219 e. The van der Waals surface area contributed by atoms with Crippen LogP contribution < -0.4 is 11.5 Å². The van der Waals surface area contributed by atoms with Gasteiger partial charge in [-0.1, -0.05) is 26.3 Å². The van der Waals surface area contributed by atoms with Gasteiger partial charge in [0.25, 0.3) is 0 Å². The Kier molecular flexibility index (Phi) is 4.70. The summed E-state index contributed by atoms with van der Waals surface area (Å²) in [4.78, 5) is 16.6. The van der Waals surface area contributed by atoms with E-state index in [-0.39, 0.29) is 11.9 Å². The Bertz CT molecular complexity index is 698. The average Bonchev–Trinajstić information content (AvgIpc) is 2.58. The second kappa shape index (κ2) is 6.78. The van der Waals surface area contributed by atoms with Crippen LogP contribution in [0.3, 0.4) is 0 Å². The minimum atomic E-state index is 0.276. The maximum atomic E-state index is 5.65. The van der Waals surface area contributed by atoms with E-state index in [2.05, 4.69) is 40.7 Å². The predicted molar refractivity (Wildman–Crippen MR) is 100 cm³/mol. The van der Waals surface area contributed by atoms with E-state index in [0.717, 1.165) is 35.5 Å². The number of allylic oxidation sites excluding steroid dienone is 1. The molecular weight excluding hydrogens is 312 g/mol. The normalized spacial score (nSPS) is 18.2. The van der Waals surface area contributed by atoms with Gasteiger partial charge in [0.2, 0.25) is 11.9 Å². The molecule has 132 valence electrons. The molecule has 0 saturated heterocycles. The molecule has 2 aromatic heterocycles. The van der Waals surface area contributed by atoms with Crippen molar-refractivity contribution in [1.82, 2.24) is 19.9 Å². The van der Waals surface area contributed by atoms with Crippen molar-refractivity contribution >= 4 is 17.5 Å². The zero-order valence-corrected chi connectivity index (χ0v) is 15.2. The summed E-state index contributed by atoms with van der Waals surface area (Å²) in [5.74, 6) is 1.29. The van der Waals surface area contributed by atoms with Gasteiger partial charge in [0.15, 0.2) is 0 Å². The number of aromatic nitrogens is 4. The minimum absolute atomic E-state index is 0.276. The van der Waals surface area contributed by atoms with Gasteiger partial charge in [0, 0.05) is 35.9 Å². The largest absolute Gasteiger partial charge is 0.368 e. The first-order valence-electron chi connectivity index (χ1n) is 8.72. The van der Waals surface area contributed by atoms with E-state index < -0.39 is 0 Å². The van der Waals surface area contributed by atoms with Gasteiger partial charge in [-0.05, 0) is 42.6 Å². The van der Waals surface area contributed by atoms with Gasteiger partial charge < -0.3 is 11.5 Å². The molecule has 1 aliphatic rings. The molecule has 4 N–H and O–H groups in total. The molecule has 6 nitrogen and oxygen atoms in total. The van der Waals surface area contributed by atoms with Crippen LogP contribution in [0.15, 0.2) is 30.4 Å². The molecule has 0 unspecified atom stereocenters. The van der Waals surface area contributed by atoms with Crippen LogP contribution in [0.4, 0.5) is 11.9 Å². The second-order valence-corrected chi connectivity index (χ2v) is 7.78. The van der Waals surface area contributed by atoms with Crippen LogP contribution in [0.1, 0.15) is 57.6 Å². The van der Waals surface area contributed by atoms with E-state index in [1.165, 1.54) is 18.4 Å². The number of rotatable bonds is 2. The number of nitrogens with zero attached hydrogens (tertiary/aromatic N) is 4. The highest BCUT2D eigenvalue weighted by atomic mass is 15.0. The van der Waals surface area contributed by atoms with Crippen molar-refractivity contribution in [3.63, 3.8) is 0 Å². The highest BCUT2D eigenvalue weighted by Gasteiger charge is 2.29. The monoisotopic (exact) mass is 338 g/mol. The summed E-state index contributed by atoms with van der Waals surface area (Å²) in [5.41, 5.74) is 16.1. The summed E-state index contributed by atoms with van der Waals surface area (Å²) in [7, 11) is 0. The van der Waals surface area contributed by atoms with E-state index in [4.69, 9.17) is 11.5 Å². The van der Waals surface area contributed by atoms with Crippen LogP contribution in [-0.2, 0) is 0 Å². The molecule has 2 heterocycles. The summed E-state index contributed by atoms with van der Waals surface area (Å²) >= 11 is 0. The number of nitrogens with two attached hydrogens (primary N) is 2. The lowest BCUT2D eigenvalue weighted by molar-refractivity contribution is 0.197. The Balaban J connectivity index is 2.00. The third-order valence-corrected chi connectivity index (χ3v) is 5.09. The van der Waals surface area contributed by atoms with E-state index >= 15 is 0 Å². The predicted octanol–water partition coefficient (Wildman–Crippen LogP) is 3.47. The van der Waals surface area contributed by atoms with Crippen LogP contribution in [0.25, 0.3) is 5.57 Å². The summed E-state index contributed by atoms with van der Waals surface area (Å²) < 4.78 is 0. The molecule has 1 saturated carbocycles. The van der Waals surface area contributed by atoms with Gasteiger partial charge >= 0.3 is 0 Å². The van der Waals surface area contributed by atoms with Crippen LogP contribution in [0.5, 0.6) is 0 Å². The molecule has 2 aromatic rings. The third-order valence-electron chi connectivity index (χ3n) is 5.09. The summed E-state index contributed by atoms with van der Waals surface area (Å²) in [6.45, 7) is 6.98. The average molecular weight is 338 g/mol. The molecule has 25 heavy (non-hydrogen) atoms. The Hall–Kier alpha value is -2.50. The fraction of sp³-hybridized carbons (Fsp3) is 0.474. The molecule has 3 rings (SSSR count). The van der Waals surface area contributed by atoms with Gasteiger partial charge in [-0.2, -0.15) is 0 Å². The fourth-order valence-corrected chi connectivity index (χ4v) is 3.59. The Morgan fingerprint density at radius 2 is 1.24 bits per heavy atom. The van der Waals surface area contributed by atoms with Crippen molar-refractivity contribution in [2.24, 2.45) is 11.3 Å². The molecule has 0 aliphatic heterocycles. The van der Waals surface area contributed by atoms with Gasteiger partial charge in [-0.25, -0.2) is 19.9 Å². The van der Waals surface area contributed by atoms with Gasteiger partial charge in [-0.3, -0.25) is 0 Å². The summed E-state index contributed by atoms with van der Waals surface area (Å²) in [5, 5.41) is 0. The molecule has 1 fully saturated rings. The number of nitrogen functional groups attached to an aromatic ring is 2. The molecule has 0 spiro atoms. The number of anilines is 2. The lowest BCUT2D eigenvalue weighted by atomic mass is 9.70. The molecule has 6 heteroatoms. The molecular formula is C19H26N6. The van der Waals surface area contributed by atoms with Gasteiger partial charge in [-0.15, -0.1) is 0 Å². The highest BCUT2D eigenvalue weighted by molar-refractivity contribution is 5.81. The maximum absolute atomic E-state index is 5.65. The standard InChI is InChI=1S/C19H26N6/c1-19(2,3)15-6-4-12(5-7-15)16(13-8-22-17(20)23-9-13)14-10-24-18(21)25-11-14/h8-11,15H,4-7H2,1-3H3,(H2,20,22,23)(H2,21,24,25). The van der Waals surface area contributed by atoms with Crippen LogP contribution in [-0.4, -0.2) is 19.9 Å². The zero-order valence-electron chi connectivity index (χ0n) is 15.2. The molecule has 0 radical (unpaired) electrons. The van der Waals surface area contributed by atoms with E-state index in [9.17, 15) is 0 Å². The zero-order chi connectivity index (χ0) is 18.0. The summed E-state index contributed by atoms with van der Waals surface area (Å²) in [6, 6.07) is 0. The van der Waals surface area contributed by atoms with Crippen molar-refractivity contribution in [3.05, 3.63) is 41.5 Å². The Morgan fingerprint density at radius 3 is 1.60 bits per heavy atom. The van der Waals surface area contributed by atoms with Gasteiger partial charge in [0.1, 0.15) is 0 Å². The topological polar surface area (TPSA) is 104 Å². The minimum Gasteiger partial charge on any atom is -0.368 e. The fourth-order valence-electron chi connectivity index (χ4n) is 3.59. The van der Waals surface area contributed by atoms with Crippen LogP contribution in [0.2, 0.25) is 0 Å². The first-order valence-corrected chi connectivity index (χ1v) is 8.72. The van der Waals surface area contributed by atoms with Crippen molar-refractivity contribution in [2.75, 3.05) is 11.5 Å².